The molecule has 1 aromatic carbocycles. The van der Waals surface area contributed by atoms with Crippen molar-refractivity contribution in [1.29, 1.82) is 0 Å². The Labute approximate surface area is 133 Å². The molecule has 0 spiro atoms. The Morgan fingerprint density at radius 3 is 2.78 bits per heavy atom. The van der Waals surface area contributed by atoms with E-state index in [0.29, 0.717) is 12.5 Å². The number of nitrogens with two attached hydrogens (primary N) is 1. The van der Waals surface area contributed by atoms with Gasteiger partial charge in [-0.2, -0.15) is 0 Å². The van der Waals surface area contributed by atoms with E-state index in [1.54, 1.807) is 11.9 Å². The molecule has 3 rings (SSSR count). The molecular formula is C15H18N6O2. The number of imide groups is 1. The van der Waals surface area contributed by atoms with E-state index in [-0.39, 0.29) is 5.91 Å². The van der Waals surface area contributed by atoms with Crippen molar-refractivity contribution in [1.82, 2.24) is 20.5 Å². The minimum Gasteiger partial charge on any atom is -0.322 e. The fraction of sp³-hybridized carbons (Fsp3) is 0.267. The molecule has 3 amide bonds. The van der Waals surface area contributed by atoms with Gasteiger partial charge in [0.25, 0.3) is 5.91 Å². The number of benzene rings is 1. The summed E-state index contributed by atoms with van der Waals surface area (Å²) < 4.78 is 0. The summed E-state index contributed by atoms with van der Waals surface area (Å²) in [6.07, 6.45) is 3.30. The van der Waals surface area contributed by atoms with Gasteiger partial charge in [-0.15, -0.1) is 0 Å². The number of carbonyl (C=O) groups excluding carboxylic acids is 2. The number of nitrogens with zero attached hydrogens (tertiary/aromatic N) is 3. The van der Waals surface area contributed by atoms with Crippen LogP contribution in [0.25, 0.3) is 6.08 Å². The van der Waals surface area contributed by atoms with E-state index in [2.05, 4.69) is 15.7 Å². The minimum absolute atomic E-state index is 0.375. The Morgan fingerprint density at radius 2 is 2.09 bits per heavy atom. The Hall–Kier alpha value is -2.87. The van der Waals surface area contributed by atoms with Gasteiger partial charge in [0.05, 0.1) is 0 Å². The molecule has 2 heterocycles. The van der Waals surface area contributed by atoms with E-state index in [9.17, 15) is 9.59 Å². The summed E-state index contributed by atoms with van der Waals surface area (Å²) in [6, 6.07) is 8.77. The molecule has 0 bridgehead atoms. The Bertz CT molecular complexity index is 672. The molecule has 1 saturated heterocycles. The lowest BCUT2D eigenvalue weighted by Crippen LogP contribution is -2.64. The number of hydrogen-bond acceptors (Lipinski definition) is 6. The van der Waals surface area contributed by atoms with Gasteiger partial charge in [0.1, 0.15) is 0 Å². The molecule has 1 fully saturated rings. The first-order valence-corrected chi connectivity index (χ1v) is 7.22. The van der Waals surface area contributed by atoms with E-state index in [1.165, 1.54) is 4.90 Å². The van der Waals surface area contributed by atoms with Gasteiger partial charge in [-0.3, -0.25) is 15.5 Å². The molecular weight excluding hydrogens is 296 g/mol. The highest BCUT2D eigenvalue weighted by molar-refractivity contribution is 6.03. The first-order valence-electron chi connectivity index (χ1n) is 7.22. The largest absolute Gasteiger partial charge is 0.325 e. The maximum atomic E-state index is 12.2. The third-order valence-corrected chi connectivity index (χ3v) is 3.90. The summed E-state index contributed by atoms with van der Waals surface area (Å²) in [6.45, 7) is 0.439. The minimum atomic E-state index is -0.593. The summed E-state index contributed by atoms with van der Waals surface area (Å²) in [5, 5.41) is 2.32. The first kappa shape index (κ1) is 15.0. The van der Waals surface area contributed by atoms with E-state index in [4.69, 9.17) is 5.84 Å². The zero-order valence-corrected chi connectivity index (χ0v) is 12.6. The standard InChI is InChI=1S/C15H18N6O2/c1-20-12-11(13(22)18-15(20)23)21(14(17-12)19-16)9-5-8-10-6-3-2-4-7-10/h2-8,11-12H,9,16H2,1H3,(H,17,19)(H,18,22,23)/b8-5+. The number of fused-ring (bicyclic) bond motifs is 1. The molecule has 4 N–H and O–H groups in total. The summed E-state index contributed by atoms with van der Waals surface area (Å²) in [7, 11) is 1.60. The summed E-state index contributed by atoms with van der Waals surface area (Å²) >= 11 is 0. The number of likely N-dealkylation sites (N-methyl/N-ethyl adjacent to an activating group) is 1. The SMILES string of the molecule is CN1C(=O)NC(=O)C2C1N=C(NN)N2C/C=C/c1ccccc1. The Morgan fingerprint density at radius 1 is 1.35 bits per heavy atom. The molecule has 0 aliphatic carbocycles. The number of carbonyl (C=O) groups is 2. The predicted molar refractivity (Wildman–Crippen MR) is 85.8 cm³/mol. The zero-order chi connectivity index (χ0) is 16.4. The topological polar surface area (TPSA) is 103 Å². The molecule has 2 atom stereocenters. The van der Waals surface area contributed by atoms with Gasteiger partial charge in [-0.25, -0.2) is 15.6 Å². The first-order chi connectivity index (χ1) is 11.1. The number of hydrogen-bond donors (Lipinski definition) is 3. The van der Waals surface area contributed by atoms with Crippen LogP contribution in [0, 0.1) is 0 Å². The Kier molecular flexibility index (Phi) is 3.98. The van der Waals surface area contributed by atoms with Crippen LogP contribution >= 0.6 is 0 Å². The molecule has 0 radical (unpaired) electrons. The normalized spacial score (nSPS) is 23.8. The van der Waals surface area contributed by atoms with Crippen molar-refractivity contribution in [3.8, 4) is 0 Å². The van der Waals surface area contributed by atoms with Gasteiger partial charge in [0.15, 0.2) is 12.2 Å². The van der Waals surface area contributed by atoms with Gasteiger partial charge < -0.3 is 9.80 Å². The highest BCUT2D eigenvalue weighted by atomic mass is 16.2. The van der Waals surface area contributed by atoms with Crippen LogP contribution in [0.1, 0.15) is 5.56 Å². The van der Waals surface area contributed by atoms with Crippen LogP contribution in [0.2, 0.25) is 0 Å². The smallest absolute Gasteiger partial charge is 0.322 e. The van der Waals surface area contributed by atoms with E-state index >= 15 is 0 Å². The molecule has 2 aliphatic rings. The van der Waals surface area contributed by atoms with Gasteiger partial charge >= 0.3 is 6.03 Å². The quantitative estimate of drug-likeness (QED) is 0.525. The predicted octanol–water partition coefficient (Wildman–Crippen LogP) is -0.289. The maximum Gasteiger partial charge on any atom is 0.325 e. The second-order valence-corrected chi connectivity index (χ2v) is 5.33. The van der Waals surface area contributed by atoms with Crippen LogP contribution in [0.15, 0.2) is 41.4 Å². The fourth-order valence-corrected chi connectivity index (χ4v) is 2.71. The number of amides is 3. The van der Waals surface area contributed by atoms with Crippen molar-refractivity contribution in [2.75, 3.05) is 13.6 Å². The van der Waals surface area contributed by atoms with Crippen molar-refractivity contribution in [2.24, 2.45) is 10.8 Å². The number of rotatable bonds is 3. The van der Waals surface area contributed by atoms with Crippen LogP contribution in [-0.4, -0.2) is 53.5 Å². The van der Waals surface area contributed by atoms with Gasteiger partial charge in [0, 0.05) is 13.6 Å². The van der Waals surface area contributed by atoms with Crippen molar-refractivity contribution < 1.29 is 9.59 Å². The summed E-state index contributed by atoms with van der Waals surface area (Å²) in [5.41, 5.74) is 3.56. The van der Waals surface area contributed by atoms with Gasteiger partial charge in [-0.05, 0) is 5.56 Å². The molecule has 8 heteroatoms. The molecule has 8 nitrogen and oxygen atoms in total. The average Bonchev–Trinajstić information content (AvgIpc) is 2.93. The second kappa shape index (κ2) is 6.09. The van der Waals surface area contributed by atoms with Gasteiger partial charge in [0.2, 0.25) is 5.96 Å². The van der Waals surface area contributed by atoms with Crippen molar-refractivity contribution in [3.63, 3.8) is 0 Å². The summed E-state index contributed by atoms with van der Waals surface area (Å²) in [5.74, 6) is 5.51. The van der Waals surface area contributed by atoms with E-state index in [1.807, 2.05) is 42.5 Å². The van der Waals surface area contributed by atoms with Crippen molar-refractivity contribution in [3.05, 3.63) is 42.0 Å². The number of aliphatic imine (C=N–C) groups is 1. The molecule has 23 heavy (non-hydrogen) atoms. The van der Waals surface area contributed by atoms with E-state index < -0.39 is 18.2 Å². The van der Waals surface area contributed by atoms with Crippen LogP contribution in [0.5, 0.6) is 0 Å². The van der Waals surface area contributed by atoms with Gasteiger partial charge in [-0.1, -0.05) is 42.5 Å². The van der Waals surface area contributed by atoms with Crippen LogP contribution < -0.4 is 16.6 Å². The van der Waals surface area contributed by atoms with Crippen LogP contribution in [0.4, 0.5) is 4.79 Å². The molecule has 0 aromatic heterocycles. The van der Waals surface area contributed by atoms with E-state index in [0.717, 1.165) is 5.56 Å². The second-order valence-electron chi connectivity index (χ2n) is 5.33. The lowest BCUT2D eigenvalue weighted by atomic mass is 10.1. The van der Waals surface area contributed by atoms with Crippen LogP contribution in [-0.2, 0) is 4.79 Å². The lowest BCUT2D eigenvalue weighted by Gasteiger charge is -2.35. The third kappa shape index (κ3) is 2.76. The number of hydrazine groups is 1. The summed E-state index contributed by atoms with van der Waals surface area (Å²) in [4.78, 5) is 31.3. The zero-order valence-electron chi connectivity index (χ0n) is 12.6. The Balaban J connectivity index is 1.78. The molecule has 2 unspecified atom stereocenters. The molecule has 2 aliphatic heterocycles. The maximum absolute atomic E-state index is 12.2. The number of guanidine groups is 1. The molecule has 1 aromatic rings. The van der Waals surface area contributed by atoms with Crippen molar-refractivity contribution in [2.45, 2.75) is 12.2 Å². The highest BCUT2D eigenvalue weighted by Gasteiger charge is 2.48. The lowest BCUT2D eigenvalue weighted by molar-refractivity contribution is -0.126. The number of urea groups is 1. The van der Waals surface area contributed by atoms with Crippen molar-refractivity contribution >= 4 is 24.0 Å². The fourth-order valence-electron chi connectivity index (χ4n) is 2.71. The van der Waals surface area contributed by atoms with Crippen LogP contribution in [0.3, 0.4) is 0 Å². The molecule has 0 saturated carbocycles. The monoisotopic (exact) mass is 314 g/mol. The third-order valence-electron chi connectivity index (χ3n) is 3.90. The average molecular weight is 314 g/mol. The number of nitrogens with one attached hydrogen (secondary N) is 2. The molecule has 120 valence electrons. The highest BCUT2D eigenvalue weighted by Crippen LogP contribution is 2.22.